The average molecular weight is 471 g/mol. The lowest BCUT2D eigenvalue weighted by molar-refractivity contribution is 0.00626. The van der Waals surface area contributed by atoms with Crippen LogP contribution in [-0.2, 0) is 14.8 Å². The number of aryl methyl sites for hydroxylation is 2. The maximum Gasteiger partial charge on any atom is 0.356 e. The summed E-state index contributed by atoms with van der Waals surface area (Å²) in [5, 5.41) is 8.96. The molecule has 0 unspecified atom stereocenters. The van der Waals surface area contributed by atoms with Gasteiger partial charge in [0.15, 0.2) is 5.82 Å². The number of H-pyrrole nitrogens is 1. The molecule has 3 rings (SSSR count). The second-order valence-electron chi connectivity index (χ2n) is 8.57. The summed E-state index contributed by atoms with van der Waals surface area (Å²) in [4.78, 5) is 24.8. The zero-order valence-corrected chi connectivity index (χ0v) is 19.8. The summed E-state index contributed by atoms with van der Waals surface area (Å²) in [5.74, 6) is -1.09. The number of hydrogen-bond donors (Lipinski definition) is 3. The van der Waals surface area contributed by atoms with E-state index in [1.807, 2.05) is 6.92 Å². The number of aromatic amines is 1. The van der Waals surface area contributed by atoms with Crippen LogP contribution in [-0.4, -0.2) is 36.1 Å². The summed E-state index contributed by atoms with van der Waals surface area (Å²) in [6.07, 6.45) is 0. The van der Waals surface area contributed by atoms with Gasteiger partial charge in [0, 0.05) is 17.3 Å². The molecule has 3 N–H and O–H groups in total. The number of aromatic nitrogens is 2. The topological polar surface area (TPSA) is 130 Å². The van der Waals surface area contributed by atoms with Crippen LogP contribution in [0.1, 0.15) is 52.7 Å². The van der Waals surface area contributed by atoms with E-state index in [0.29, 0.717) is 11.3 Å². The van der Waals surface area contributed by atoms with Gasteiger partial charge in [-0.15, -0.1) is 0 Å². The molecule has 10 heteroatoms. The van der Waals surface area contributed by atoms with E-state index in [9.17, 15) is 18.0 Å². The van der Waals surface area contributed by atoms with Gasteiger partial charge in [-0.2, -0.15) is 5.10 Å². The molecule has 0 spiro atoms. The Labute approximate surface area is 192 Å². The van der Waals surface area contributed by atoms with Crippen molar-refractivity contribution < 1.29 is 22.7 Å². The van der Waals surface area contributed by atoms with Gasteiger partial charge in [0.2, 0.25) is 0 Å². The number of anilines is 2. The second kappa shape index (κ2) is 9.07. The molecule has 3 aromatic rings. The maximum absolute atomic E-state index is 12.9. The highest BCUT2D eigenvalue weighted by Crippen LogP contribution is 2.22. The smallest absolute Gasteiger partial charge is 0.356 e. The third-order valence-electron chi connectivity index (χ3n) is 4.48. The third kappa shape index (κ3) is 6.19. The molecule has 1 amide bonds. The molecule has 0 saturated carbocycles. The number of nitrogens with one attached hydrogen (secondary N) is 3. The first-order valence-electron chi connectivity index (χ1n) is 10.1. The molecule has 0 bridgehead atoms. The lowest BCUT2D eigenvalue weighted by Gasteiger charge is -2.18. The van der Waals surface area contributed by atoms with Crippen molar-refractivity contribution in [2.45, 2.75) is 45.1 Å². The van der Waals surface area contributed by atoms with Crippen LogP contribution >= 0.6 is 0 Å². The monoisotopic (exact) mass is 470 g/mol. The van der Waals surface area contributed by atoms with Crippen molar-refractivity contribution in [3.05, 3.63) is 70.9 Å². The van der Waals surface area contributed by atoms with Crippen LogP contribution in [0.4, 0.5) is 11.5 Å². The molecule has 1 aromatic heterocycles. The molecule has 0 aliphatic rings. The van der Waals surface area contributed by atoms with Crippen LogP contribution < -0.4 is 10.0 Å². The molecule has 2 aromatic carbocycles. The standard InChI is InChI=1S/C23H26N4O5S/c1-14-6-10-17(11-7-14)27-33(30,31)19-12-16(9-8-15(19)2)21(28)24-20-13-18(25-26-20)22(29)32-23(3,4)5/h6-13,27H,1-5H3,(H2,24,25,26,28). The fraction of sp³-hybridized carbons (Fsp3) is 0.261. The third-order valence-corrected chi connectivity index (χ3v) is 6.01. The highest BCUT2D eigenvalue weighted by Gasteiger charge is 2.22. The molecule has 174 valence electrons. The van der Waals surface area contributed by atoms with Crippen LogP contribution in [0.5, 0.6) is 0 Å². The van der Waals surface area contributed by atoms with Gasteiger partial charge in [-0.05, 0) is 64.4 Å². The van der Waals surface area contributed by atoms with Crippen molar-refractivity contribution >= 4 is 33.4 Å². The molecule has 0 saturated heterocycles. The van der Waals surface area contributed by atoms with Gasteiger partial charge in [0.1, 0.15) is 11.3 Å². The number of rotatable bonds is 6. The lowest BCUT2D eigenvalue weighted by Crippen LogP contribution is -2.24. The number of hydrogen-bond acceptors (Lipinski definition) is 6. The van der Waals surface area contributed by atoms with E-state index < -0.39 is 27.5 Å². The molecular formula is C23H26N4O5S. The van der Waals surface area contributed by atoms with E-state index >= 15 is 0 Å². The van der Waals surface area contributed by atoms with E-state index in [2.05, 4.69) is 20.2 Å². The first kappa shape index (κ1) is 24.0. The summed E-state index contributed by atoms with van der Waals surface area (Å²) in [6.45, 7) is 8.76. The SMILES string of the molecule is Cc1ccc(NS(=O)(=O)c2cc(C(=O)Nc3cc(C(=O)OC(C)(C)C)[nH]n3)ccc2C)cc1. The van der Waals surface area contributed by atoms with E-state index in [1.165, 1.54) is 18.2 Å². The van der Waals surface area contributed by atoms with Gasteiger partial charge in [-0.3, -0.25) is 14.6 Å². The van der Waals surface area contributed by atoms with Gasteiger partial charge in [-0.1, -0.05) is 23.8 Å². The van der Waals surface area contributed by atoms with Crippen LogP contribution in [0.25, 0.3) is 0 Å². The first-order chi connectivity index (χ1) is 15.3. The van der Waals surface area contributed by atoms with E-state index in [0.717, 1.165) is 5.56 Å². The normalized spacial score (nSPS) is 11.7. The van der Waals surface area contributed by atoms with Crippen LogP contribution in [0, 0.1) is 13.8 Å². The van der Waals surface area contributed by atoms with Crippen LogP contribution in [0.15, 0.2) is 53.4 Å². The lowest BCUT2D eigenvalue weighted by atomic mass is 10.1. The highest BCUT2D eigenvalue weighted by molar-refractivity contribution is 7.92. The molecule has 0 fully saturated rings. The zero-order valence-electron chi connectivity index (χ0n) is 19.0. The number of sulfonamides is 1. The predicted octanol–water partition coefficient (Wildman–Crippen LogP) is 4.03. The summed E-state index contributed by atoms with van der Waals surface area (Å²) in [6, 6.07) is 12.6. The van der Waals surface area contributed by atoms with Gasteiger partial charge in [0.05, 0.1) is 4.90 Å². The minimum absolute atomic E-state index is 0.0211. The number of amides is 1. The van der Waals surface area contributed by atoms with Crippen molar-refractivity contribution in [3.8, 4) is 0 Å². The Balaban J connectivity index is 1.78. The number of carbonyl (C=O) groups excluding carboxylic acids is 2. The molecular weight excluding hydrogens is 444 g/mol. The van der Waals surface area contributed by atoms with Crippen LogP contribution in [0.3, 0.4) is 0 Å². The number of nitrogens with zero attached hydrogens (tertiary/aromatic N) is 1. The van der Waals surface area contributed by atoms with Crippen molar-refractivity contribution in [3.63, 3.8) is 0 Å². The van der Waals surface area contributed by atoms with Crippen molar-refractivity contribution in [2.75, 3.05) is 10.0 Å². The van der Waals surface area contributed by atoms with Gasteiger partial charge in [-0.25, -0.2) is 13.2 Å². The molecule has 0 radical (unpaired) electrons. The Morgan fingerprint density at radius 3 is 2.30 bits per heavy atom. The molecule has 0 aliphatic carbocycles. The summed E-state index contributed by atoms with van der Waals surface area (Å²) < 4.78 is 33.6. The Morgan fingerprint density at radius 1 is 1.00 bits per heavy atom. The summed E-state index contributed by atoms with van der Waals surface area (Å²) in [7, 11) is -3.92. The Bertz CT molecular complexity index is 1290. The largest absolute Gasteiger partial charge is 0.455 e. The van der Waals surface area contributed by atoms with Crippen molar-refractivity contribution in [1.29, 1.82) is 0 Å². The van der Waals surface area contributed by atoms with Crippen LogP contribution in [0.2, 0.25) is 0 Å². The number of carbonyl (C=O) groups is 2. The van der Waals surface area contributed by atoms with Crippen molar-refractivity contribution in [2.24, 2.45) is 0 Å². The Morgan fingerprint density at radius 2 is 1.67 bits per heavy atom. The van der Waals surface area contributed by atoms with E-state index in [-0.39, 0.29) is 22.0 Å². The minimum atomic E-state index is -3.92. The number of benzene rings is 2. The summed E-state index contributed by atoms with van der Waals surface area (Å²) >= 11 is 0. The molecule has 0 aliphatic heterocycles. The van der Waals surface area contributed by atoms with E-state index in [1.54, 1.807) is 58.0 Å². The fourth-order valence-corrected chi connectivity index (χ4v) is 4.20. The number of esters is 1. The average Bonchev–Trinajstić information content (AvgIpc) is 3.17. The number of ether oxygens (including phenoxy) is 1. The molecule has 33 heavy (non-hydrogen) atoms. The van der Waals surface area contributed by atoms with Crippen molar-refractivity contribution in [1.82, 2.24) is 10.2 Å². The molecule has 9 nitrogen and oxygen atoms in total. The van der Waals surface area contributed by atoms with Gasteiger partial charge < -0.3 is 10.1 Å². The second-order valence-corrected chi connectivity index (χ2v) is 10.2. The maximum atomic E-state index is 12.9. The molecule has 1 heterocycles. The Kier molecular flexibility index (Phi) is 6.59. The minimum Gasteiger partial charge on any atom is -0.455 e. The van der Waals surface area contributed by atoms with Gasteiger partial charge in [0.25, 0.3) is 15.9 Å². The Hall–Kier alpha value is -3.66. The van der Waals surface area contributed by atoms with E-state index in [4.69, 9.17) is 4.74 Å². The van der Waals surface area contributed by atoms with Gasteiger partial charge >= 0.3 is 5.97 Å². The summed E-state index contributed by atoms with van der Waals surface area (Å²) in [5.41, 5.74) is 1.42. The predicted molar refractivity (Wildman–Crippen MR) is 125 cm³/mol. The highest BCUT2D eigenvalue weighted by atomic mass is 32.2. The quantitative estimate of drug-likeness (QED) is 0.466. The first-order valence-corrected chi connectivity index (χ1v) is 11.6. The zero-order chi connectivity index (χ0) is 24.4. The molecule has 0 atom stereocenters. The fourth-order valence-electron chi connectivity index (χ4n) is 2.87.